The molecule has 6 heteroatoms. The van der Waals surface area contributed by atoms with E-state index in [4.69, 9.17) is 4.42 Å². The van der Waals surface area contributed by atoms with Gasteiger partial charge in [0, 0.05) is 38.2 Å². The SMILES string of the molecule is Cc1cnn(CCC(=O)N2CCCCCC2CC(O)c2ccco2)c1. The number of hydrogen-bond acceptors (Lipinski definition) is 4. The Morgan fingerprint density at radius 3 is 3.04 bits per heavy atom. The van der Waals surface area contributed by atoms with Crippen molar-refractivity contribution in [1.29, 1.82) is 0 Å². The van der Waals surface area contributed by atoms with Crippen molar-refractivity contribution in [3.63, 3.8) is 0 Å². The van der Waals surface area contributed by atoms with Crippen molar-refractivity contribution in [2.45, 2.75) is 64.1 Å². The van der Waals surface area contributed by atoms with Gasteiger partial charge >= 0.3 is 0 Å². The maximum Gasteiger partial charge on any atom is 0.224 e. The molecule has 1 amide bonds. The van der Waals surface area contributed by atoms with Gasteiger partial charge in [0.25, 0.3) is 0 Å². The number of hydrogen-bond donors (Lipinski definition) is 1. The van der Waals surface area contributed by atoms with Crippen molar-refractivity contribution in [2.24, 2.45) is 0 Å². The van der Waals surface area contributed by atoms with Crippen LogP contribution in [0.3, 0.4) is 0 Å². The summed E-state index contributed by atoms with van der Waals surface area (Å²) >= 11 is 0. The summed E-state index contributed by atoms with van der Waals surface area (Å²) in [5, 5.41) is 14.7. The van der Waals surface area contributed by atoms with Gasteiger partial charge in [-0.25, -0.2) is 0 Å². The van der Waals surface area contributed by atoms with Gasteiger partial charge in [-0.3, -0.25) is 9.48 Å². The number of aromatic nitrogens is 2. The standard InChI is InChI=1S/C19H27N3O3/c1-15-13-20-21(14-15)10-8-19(24)22-9-4-2-3-6-16(22)12-17(23)18-7-5-11-25-18/h5,7,11,13-14,16-17,23H,2-4,6,8-10,12H2,1H3. The summed E-state index contributed by atoms with van der Waals surface area (Å²) in [6.07, 6.45) is 9.82. The van der Waals surface area contributed by atoms with Crippen molar-refractivity contribution in [1.82, 2.24) is 14.7 Å². The minimum Gasteiger partial charge on any atom is -0.467 e. The fourth-order valence-electron chi connectivity index (χ4n) is 3.55. The van der Waals surface area contributed by atoms with Crippen LogP contribution in [-0.2, 0) is 11.3 Å². The largest absolute Gasteiger partial charge is 0.467 e. The lowest BCUT2D eigenvalue weighted by molar-refractivity contribution is -0.134. The first-order valence-corrected chi connectivity index (χ1v) is 9.13. The maximum absolute atomic E-state index is 12.8. The molecule has 2 aromatic heterocycles. The molecule has 1 aliphatic heterocycles. The predicted molar refractivity (Wildman–Crippen MR) is 93.8 cm³/mol. The lowest BCUT2D eigenvalue weighted by Crippen LogP contribution is -2.41. The number of rotatable bonds is 6. The number of furan rings is 1. The van der Waals surface area contributed by atoms with E-state index >= 15 is 0 Å². The van der Waals surface area contributed by atoms with Crippen molar-refractivity contribution < 1.29 is 14.3 Å². The van der Waals surface area contributed by atoms with Crippen LogP contribution >= 0.6 is 0 Å². The highest BCUT2D eigenvalue weighted by molar-refractivity contribution is 5.76. The minimum absolute atomic E-state index is 0.0643. The molecule has 0 radical (unpaired) electrons. The highest BCUT2D eigenvalue weighted by Crippen LogP contribution is 2.27. The Bertz CT molecular complexity index is 665. The molecule has 1 saturated heterocycles. The molecule has 136 valence electrons. The third kappa shape index (κ3) is 4.72. The number of aliphatic hydroxyl groups is 1. The average molecular weight is 345 g/mol. The monoisotopic (exact) mass is 345 g/mol. The third-order valence-electron chi connectivity index (χ3n) is 4.88. The normalized spacial score (nSPS) is 19.6. The first-order valence-electron chi connectivity index (χ1n) is 9.13. The Labute approximate surface area is 148 Å². The van der Waals surface area contributed by atoms with Crippen LogP contribution in [0.4, 0.5) is 0 Å². The van der Waals surface area contributed by atoms with Gasteiger partial charge in [-0.2, -0.15) is 5.10 Å². The topological polar surface area (TPSA) is 71.5 Å². The summed E-state index contributed by atoms with van der Waals surface area (Å²) in [5.74, 6) is 0.718. The maximum atomic E-state index is 12.8. The molecule has 0 bridgehead atoms. The van der Waals surface area contributed by atoms with Gasteiger partial charge < -0.3 is 14.4 Å². The van der Waals surface area contributed by atoms with Gasteiger partial charge in [0.2, 0.25) is 5.91 Å². The van der Waals surface area contributed by atoms with Crippen LogP contribution in [0.25, 0.3) is 0 Å². The van der Waals surface area contributed by atoms with Crippen LogP contribution in [0.2, 0.25) is 0 Å². The fraction of sp³-hybridized carbons (Fsp3) is 0.579. The van der Waals surface area contributed by atoms with E-state index in [1.165, 1.54) is 0 Å². The lowest BCUT2D eigenvalue weighted by Gasteiger charge is -2.31. The van der Waals surface area contributed by atoms with Crippen LogP contribution in [0, 0.1) is 6.92 Å². The Balaban J connectivity index is 1.61. The Morgan fingerprint density at radius 1 is 1.44 bits per heavy atom. The van der Waals surface area contributed by atoms with Gasteiger partial charge in [0.1, 0.15) is 11.9 Å². The molecule has 0 saturated carbocycles. The molecule has 0 aliphatic carbocycles. The van der Waals surface area contributed by atoms with Crippen LogP contribution < -0.4 is 0 Å². The minimum atomic E-state index is -0.665. The van der Waals surface area contributed by atoms with Gasteiger partial charge in [0.15, 0.2) is 0 Å². The average Bonchev–Trinajstić information content (AvgIpc) is 3.22. The van der Waals surface area contributed by atoms with Gasteiger partial charge in [-0.1, -0.05) is 12.8 Å². The molecule has 3 heterocycles. The summed E-state index contributed by atoms with van der Waals surface area (Å²) in [6.45, 7) is 3.36. The van der Waals surface area contributed by atoms with Gasteiger partial charge in [-0.05, 0) is 37.5 Å². The molecule has 1 aliphatic rings. The van der Waals surface area contributed by atoms with Crippen LogP contribution in [0.1, 0.15) is 56.0 Å². The van der Waals surface area contributed by atoms with Crippen molar-refractivity contribution >= 4 is 5.91 Å². The highest BCUT2D eigenvalue weighted by atomic mass is 16.4. The molecule has 2 aromatic rings. The number of aryl methyl sites for hydroxylation is 2. The molecule has 6 nitrogen and oxygen atoms in total. The molecular formula is C19H27N3O3. The Hall–Kier alpha value is -2.08. The first-order chi connectivity index (χ1) is 12.1. The first kappa shape index (κ1) is 17.7. The number of carbonyl (C=O) groups excluding carboxylic acids is 1. The van der Waals surface area contributed by atoms with E-state index < -0.39 is 6.10 Å². The van der Waals surface area contributed by atoms with E-state index in [1.54, 1.807) is 24.6 Å². The molecule has 2 atom stereocenters. The van der Waals surface area contributed by atoms with E-state index in [9.17, 15) is 9.90 Å². The molecule has 0 aromatic carbocycles. The number of amides is 1. The molecule has 0 spiro atoms. The zero-order valence-electron chi connectivity index (χ0n) is 14.8. The zero-order valence-corrected chi connectivity index (χ0v) is 14.8. The molecule has 25 heavy (non-hydrogen) atoms. The summed E-state index contributed by atoms with van der Waals surface area (Å²) in [6, 6.07) is 3.63. The van der Waals surface area contributed by atoms with Crippen molar-refractivity contribution in [2.75, 3.05) is 6.54 Å². The molecule has 1 N–H and O–H groups in total. The summed E-state index contributed by atoms with van der Waals surface area (Å²) in [7, 11) is 0. The predicted octanol–water partition coefficient (Wildman–Crippen LogP) is 3.07. The smallest absolute Gasteiger partial charge is 0.224 e. The Kier molecular flexibility index (Phi) is 5.91. The van der Waals surface area contributed by atoms with E-state index in [2.05, 4.69) is 5.10 Å². The van der Waals surface area contributed by atoms with Crippen molar-refractivity contribution in [3.8, 4) is 0 Å². The second-order valence-corrected chi connectivity index (χ2v) is 6.89. The van der Waals surface area contributed by atoms with E-state index in [0.717, 1.165) is 37.8 Å². The van der Waals surface area contributed by atoms with Crippen molar-refractivity contribution in [3.05, 3.63) is 42.1 Å². The number of aliphatic hydroxyl groups excluding tert-OH is 1. The van der Waals surface area contributed by atoms with Gasteiger partial charge in [0.05, 0.1) is 12.5 Å². The number of nitrogens with zero attached hydrogens (tertiary/aromatic N) is 3. The lowest BCUT2D eigenvalue weighted by atomic mass is 10.0. The zero-order chi connectivity index (χ0) is 17.6. The van der Waals surface area contributed by atoms with Crippen LogP contribution in [0.5, 0.6) is 0 Å². The van der Waals surface area contributed by atoms with Crippen LogP contribution in [-0.4, -0.2) is 38.3 Å². The van der Waals surface area contributed by atoms with E-state index in [1.807, 2.05) is 22.7 Å². The van der Waals surface area contributed by atoms with E-state index in [0.29, 0.717) is 25.1 Å². The summed E-state index contributed by atoms with van der Waals surface area (Å²) in [5.41, 5.74) is 1.10. The van der Waals surface area contributed by atoms with E-state index in [-0.39, 0.29) is 11.9 Å². The fourth-order valence-corrected chi connectivity index (χ4v) is 3.55. The molecule has 1 fully saturated rings. The summed E-state index contributed by atoms with van der Waals surface area (Å²) < 4.78 is 7.12. The molecule has 3 rings (SSSR count). The highest BCUT2D eigenvalue weighted by Gasteiger charge is 2.28. The number of likely N-dealkylation sites (tertiary alicyclic amines) is 1. The number of carbonyl (C=O) groups is 1. The Morgan fingerprint density at radius 2 is 2.32 bits per heavy atom. The second kappa shape index (κ2) is 8.34. The third-order valence-corrected chi connectivity index (χ3v) is 4.88. The quantitative estimate of drug-likeness (QED) is 0.873. The molecular weight excluding hydrogens is 318 g/mol. The van der Waals surface area contributed by atoms with Crippen LogP contribution in [0.15, 0.2) is 35.2 Å². The van der Waals surface area contributed by atoms with Gasteiger partial charge in [-0.15, -0.1) is 0 Å². The molecule has 2 unspecified atom stereocenters. The summed E-state index contributed by atoms with van der Waals surface area (Å²) in [4.78, 5) is 14.8. The second-order valence-electron chi connectivity index (χ2n) is 6.89.